The SMILES string of the molecule is COc1cc2c(cc1C(C)C)ncc1c3ccc(C#N)cc3[nH]c21. The molecule has 0 saturated carbocycles. The first-order chi connectivity index (χ1) is 11.6. The van der Waals surface area contributed by atoms with Gasteiger partial charge in [-0.3, -0.25) is 4.98 Å². The summed E-state index contributed by atoms with van der Waals surface area (Å²) in [5.41, 5.74) is 4.72. The van der Waals surface area contributed by atoms with Crippen molar-refractivity contribution in [3.63, 3.8) is 0 Å². The van der Waals surface area contributed by atoms with E-state index < -0.39 is 0 Å². The third-order valence-electron chi connectivity index (χ3n) is 4.54. The van der Waals surface area contributed by atoms with Gasteiger partial charge in [0.05, 0.1) is 29.8 Å². The zero-order valence-electron chi connectivity index (χ0n) is 13.8. The van der Waals surface area contributed by atoms with Crippen molar-refractivity contribution in [1.29, 1.82) is 5.26 Å². The molecule has 2 aromatic carbocycles. The second-order valence-corrected chi connectivity index (χ2v) is 6.31. The first-order valence-corrected chi connectivity index (χ1v) is 7.94. The summed E-state index contributed by atoms with van der Waals surface area (Å²) in [6.45, 7) is 4.29. The van der Waals surface area contributed by atoms with E-state index in [1.807, 2.05) is 24.4 Å². The van der Waals surface area contributed by atoms with Crippen LogP contribution in [0.1, 0.15) is 30.9 Å². The van der Waals surface area contributed by atoms with E-state index in [4.69, 9.17) is 10.00 Å². The minimum absolute atomic E-state index is 0.364. The zero-order valence-corrected chi connectivity index (χ0v) is 13.8. The standard InChI is InChI=1S/C20H17N3O/c1-11(2)14-7-17-15(8-19(14)24-3)20-16(10-22-17)13-5-4-12(9-21)6-18(13)23-20/h4-8,10-11,23H,1-3H3. The van der Waals surface area contributed by atoms with Gasteiger partial charge in [-0.25, -0.2) is 0 Å². The molecule has 2 aromatic heterocycles. The maximum atomic E-state index is 9.10. The van der Waals surface area contributed by atoms with Crippen LogP contribution in [0.4, 0.5) is 0 Å². The second-order valence-electron chi connectivity index (χ2n) is 6.31. The molecule has 0 bridgehead atoms. The van der Waals surface area contributed by atoms with Crippen LogP contribution in [0, 0.1) is 11.3 Å². The third-order valence-corrected chi connectivity index (χ3v) is 4.54. The Morgan fingerprint density at radius 1 is 1.12 bits per heavy atom. The smallest absolute Gasteiger partial charge is 0.123 e. The molecule has 0 spiro atoms. The lowest BCUT2D eigenvalue weighted by atomic mass is 9.99. The molecule has 0 aliphatic heterocycles. The molecule has 118 valence electrons. The van der Waals surface area contributed by atoms with E-state index in [0.29, 0.717) is 11.5 Å². The van der Waals surface area contributed by atoms with Crippen molar-refractivity contribution >= 4 is 32.7 Å². The quantitative estimate of drug-likeness (QED) is 0.574. The predicted octanol–water partition coefficient (Wildman–Crippen LogP) is 4.87. The number of nitriles is 1. The Morgan fingerprint density at radius 2 is 1.96 bits per heavy atom. The van der Waals surface area contributed by atoms with Gasteiger partial charge >= 0.3 is 0 Å². The Bertz CT molecular complexity index is 1130. The maximum Gasteiger partial charge on any atom is 0.123 e. The highest BCUT2D eigenvalue weighted by Crippen LogP contribution is 2.35. The molecule has 0 radical (unpaired) electrons. The number of aromatic amines is 1. The summed E-state index contributed by atoms with van der Waals surface area (Å²) in [5.74, 6) is 1.24. The highest BCUT2D eigenvalue weighted by molar-refractivity contribution is 6.16. The number of hydrogen-bond acceptors (Lipinski definition) is 3. The Morgan fingerprint density at radius 3 is 2.67 bits per heavy atom. The van der Waals surface area contributed by atoms with Gasteiger partial charge in [0.2, 0.25) is 0 Å². The van der Waals surface area contributed by atoms with Crippen molar-refractivity contribution in [3.05, 3.63) is 47.7 Å². The number of hydrogen-bond donors (Lipinski definition) is 1. The van der Waals surface area contributed by atoms with Crippen LogP contribution in [0.15, 0.2) is 36.5 Å². The number of benzene rings is 2. The van der Waals surface area contributed by atoms with Gasteiger partial charge in [-0.05, 0) is 35.7 Å². The fraction of sp³-hybridized carbons (Fsp3) is 0.200. The number of nitrogens with one attached hydrogen (secondary N) is 1. The van der Waals surface area contributed by atoms with Crippen LogP contribution in [0.5, 0.6) is 5.75 Å². The summed E-state index contributed by atoms with van der Waals surface area (Å²) in [6, 6.07) is 12.0. The fourth-order valence-corrected chi connectivity index (χ4v) is 3.29. The number of nitrogens with zero attached hydrogens (tertiary/aromatic N) is 2. The molecule has 0 fully saturated rings. The van der Waals surface area contributed by atoms with Crippen LogP contribution in [0.3, 0.4) is 0 Å². The topological polar surface area (TPSA) is 61.7 Å². The van der Waals surface area contributed by atoms with Crippen LogP contribution in [-0.4, -0.2) is 17.1 Å². The van der Waals surface area contributed by atoms with E-state index in [1.54, 1.807) is 7.11 Å². The Hall–Kier alpha value is -3.06. The molecule has 1 N–H and O–H groups in total. The molecule has 4 rings (SSSR count). The first kappa shape index (κ1) is 14.5. The van der Waals surface area contributed by atoms with Gasteiger partial charge in [0.1, 0.15) is 5.75 Å². The van der Waals surface area contributed by atoms with E-state index in [1.165, 1.54) is 0 Å². The van der Waals surface area contributed by atoms with E-state index >= 15 is 0 Å². The van der Waals surface area contributed by atoms with Crippen molar-refractivity contribution in [2.75, 3.05) is 7.11 Å². The van der Waals surface area contributed by atoms with Crippen molar-refractivity contribution in [2.45, 2.75) is 19.8 Å². The first-order valence-electron chi connectivity index (χ1n) is 7.94. The van der Waals surface area contributed by atoms with Crippen LogP contribution in [0.2, 0.25) is 0 Å². The Labute approximate surface area is 139 Å². The highest BCUT2D eigenvalue weighted by atomic mass is 16.5. The molecule has 0 atom stereocenters. The van der Waals surface area contributed by atoms with Gasteiger partial charge in [0.15, 0.2) is 0 Å². The third kappa shape index (κ3) is 2.02. The van der Waals surface area contributed by atoms with Gasteiger partial charge in [-0.15, -0.1) is 0 Å². The van der Waals surface area contributed by atoms with Crippen molar-refractivity contribution in [2.24, 2.45) is 0 Å². The fourth-order valence-electron chi connectivity index (χ4n) is 3.29. The largest absolute Gasteiger partial charge is 0.496 e. The summed E-state index contributed by atoms with van der Waals surface area (Å²) < 4.78 is 5.59. The van der Waals surface area contributed by atoms with E-state index in [-0.39, 0.29) is 0 Å². The molecule has 0 unspecified atom stereocenters. The molecule has 4 heteroatoms. The van der Waals surface area contributed by atoms with Crippen LogP contribution < -0.4 is 4.74 Å². The molecular formula is C20H17N3O. The van der Waals surface area contributed by atoms with Gasteiger partial charge in [-0.2, -0.15) is 5.26 Å². The molecule has 0 saturated heterocycles. The number of ether oxygens (including phenoxy) is 1. The van der Waals surface area contributed by atoms with Crippen molar-refractivity contribution in [3.8, 4) is 11.8 Å². The second kappa shape index (κ2) is 5.24. The number of methoxy groups -OCH3 is 1. The summed E-state index contributed by atoms with van der Waals surface area (Å²) >= 11 is 0. The molecule has 0 aliphatic carbocycles. The molecule has 4 nitrogen and oxygen atoms in total. The molecule has 0 amide bonds. The Kier molecular flexibility index (Phi) is 3.17. The lowest BCUT2D eigenvalue weighted by Crippen LogP contribution is -1.95. The van der Waals surface area contributed by atoms with Gasteiger partial charge in [0, 0.05) is 27.9 Å². The van der Waals surface area contributed by atoms with Crippen molar-refractivity contribution in [1.82, 2.24) is 9.97 Å². The molecule has 24 heavy (non-hydrogen) atoms. The van der Waals surface area contributed by atoms with Gasteiger partial charge in [-0.1, -0.05) is 19.9 Å². The van der Waals surface area contributed by atoms with Crippen LogP contribution >= 0.6 is 0 Å². The monoisotopic (exact) mass is 315 g/mol. The number of aromatic nitrogens is 2. The predicted molar refractivity (Wildman–Crippen MR) is 96.5 cm³/mol. The number of fused-ring (bicyclic) bond motifs is 5. The zero-order chi connectivity index (χ0) is 16.8. The van der Waals surface area contributed by atoms with Crippen molar-refractivity contribution < 1.29 is 4.74 Å². The van der Waals surface area contributed by atoms with E-state index in [0.717, 1.165) is 44.0 Å². The molecule has 2 heterocycles. The normalized spacial score (nSPS) is 11.5. The van der Waals surface area contributed by atoms with E-state index in [9.17, 15) is 0 Å². The minimum Gasteiger partial charge on any atom is -0.496 e. The number of rotatable bonds is 2. The van der Waals surface area contributed by atoms with Gasteiger partial charge < -0.3 is 9.72 Å². The molecule has 4 aromatic rings. The number of H-pyrrole nitrogens is 1. The van der Waals surface area contributed by atoms with Crippen LogP contribution in [0.25, 0.3) is 32.7 Å². The summed E-state index contributed by atoms with van der Waals surface area (Å²) in [7, 11) is 1.70. The summed E-state index contributed by atoms with van der Waals surface area (Å²) in [4.78, 5) is 8.10. The lowest BCUT2D eigenvalue weighted by Gasteiger charge is -2.13. The average molecular weight is 315 g/mol. The molecule has 0 aliphatic rings. The minimum atomic E-state index is 0.364. The Balaban J connectivity index is 2.11. The average Bonchev–Trinajstić information content (AvgIpc) is 2.98. The molecular weight excluding hydrogens is 298 g/mol. The van der Waals surface area contributed by atoms with Gasteiger partial charge in [0.25, 0.3) is 0 Å². The lowest BCUT2D eigenvalue weighted by molar-refractivity contribution is 0.408. The summed E-state index contributed by atoms with van der Waals surface area (Å²) in [5, 5.41) is 12.3. The van der Waals surface area contributed by atoms with E-state index in [2.05, 4.69) is 42.0 Å². The highest BCUT2D eigenvalue weighted by Gasteiger charge is 2.14. The van der Waals surface area contributed by atoms with Crippen LogP contribution in [-0.2, 0) is 0 Å². The number of pyridine rings is 1. The summed E-state index contributed by atoms with van der Waals surface area (Å²) in [6.07, 6.45) is 1.90. The maximum absolute atomic E-state index is 9.10.